The lowest BCUT2D eigenvalue weighted by atomic mass is 10.3. The number of benzene rings is 1. The summed E-state index contributed by atoms with van der Waals surface area (Å²) in [5, 5.41) is 8.86. The Morgan fingerprint density at radius 1 is 1.50 bits per heavy atom. The van der Waals surface area contributed by atoms with E-state index in [-0.39, 0.29) is 17.7 Å². The minimum absolute atomic E-state index is 0.0522. The van der Waals surface area contributed by atoms with Crippen molar-refractivity contribution in [3.63, 3.8) is 0 Å². The number of nitrogens with zero attached hydrogens (tertiary/aromatic N) is 2. The topological polar surface area (TPSA) is 96.7 Å². The molecule has 1 aromatic heterocycles. The average Bonchev–Trinajstić information content (AvgIpc) is 2.79. The number of anilines is 2. The Labute approximate surface area is 108 Å². The van der Waals surface area contributed by atoms with Crippen molar-refractivity contribution >= 4 is 29.3 Å². The predicted octanol–water partition coefficient (Wildman–Crippen LogP) is 1.75. The highest BCUT2D eigenvalue weighted by Crippen LogP contribution is 2.26. The number of aromatic nitrogens is 3. The molecule has 1 aromatic carbocycles. The predicted molar refractivity (Wildman–Crippen MR) is 71.6 cm³/mol. The maximum Gasteiger partial charge on any atom is 0.293 e. The quantitative estimate of drug-likeness (QED) is 0.730. The monoisotopic (exact) mass is 263 g/mol. The fourth-order valence-electron chi connectivity index (χ4n) is 1.41. The van der Waals surface area contributed by atoms with E-state index in [1.54, 1.807) is 11.8 Å². The molecular weight excluding hydrogens is 250 g/mol. The van der Waals surface area contributed by atoms with E-state index in [2.05, 4.69) is 27.4 Å². The normalized spacial score (nSPS) is 10.3. The second kappa shape index (κ2) is 5.54. The number of rotatable bonds is 4. The summed E-state index contributed by atoms with van der Waals surface area (Å²) in [5.74, 6) is 0.728. The minimum Gasteiger partial charge on any atom is -0.366 e. The molecule has 0 aliphatic carbocycles. The number of para-hydroxylation sites is 1. The van der Waals surface area contributed by atoms with E-state index in [9.17, 15) is 4.79 Å². The van der Waals surface area contributed by atoms with E-state index in [0.29, 0.717) is 0 Å². The highest BCUT2D eigenvalue weighted by Gasteiger charge is 2.12. The van der Waals surface area contributed by atoms with Crippen molar-refractivity contribution < 1.29 is 4.79 Å². The minimum atomic E-state index is -0.358. The van der Waals surface area contributed by atoms with Crippen LogP contribution in [0.2, 0.25) is 0 Å². The standard InChI is InChI=1S/C11H13N5OS/c1-2-18-8-6-4-3-5-7(8)13-10(17)9-14-11(12)16-15-9/h3-6H,2H2,1H3,(H,13,17)(H3,12,14,15,16). The number of nitrogens with one attached hydrogen (secondary N) is 2. The lowest BCUT2D eigenvalue weighted by Gasteiger charge is -2.08. The number of nitrogen functional groups attached to an aromatic ring is 1. The van der Waals surface area contributed by atoms with Crippen LogP contribution in [0.4, 0.5) is 11.6 Å². The summed E-state index contributed by atoms with van der Waals surface area (Å²) in [4.78, 5) is 16.7. The molecule has 0 fully saturated rings. The molecule has 0 unspecified atom stereocenters. The number of thioether (sulfide) groups is 1. The summed E-state index contributed by atoms with van der Waals surface area (Å²) < 4.78 is 0. The number of hydrogen-bond donors (Lipinski definition) is 3. The Bertz CT molecular complexity index is 554. The summed E-state index contributed by atoms with van der Waals surface area (Å²) in [5.41, 5.74) is 6.10. The number of nitrogens with two attached hydrogens (primary N) is 1. The Balaban J connectivity index is 2.16. The van der Waals surface area contributed by atoms with Crippen LogP contribution in [0.1, 0.15) is 17.5 Å². The van der Waals surface area contributed by atoms with Crippen LogP contribution in [0.5, 0.6) is 0 Å². The first-order valence-electron chi connectivity index (χ1n) is 5.41. The van der Waals surface area contributed by atoms with Gasteiger partial charge in [-0.1, -0.05) is 19.1 Å². The van der Waals surface area contributed by atoms with Gasteiger partial charge in [0.25, 0.3) is 5.91 Å². The second-order valence-corrected chi connectivity index (χ2v) is 4.73. The van der Waals surface area contributed by atoms with Gasteiger partial charge in [0.2, 0.25) is 11.8 Å². The van der Waals surface area contributed by atoms with Crippen LogP contribution in [-0.2, 0) is 0 Å². The van der Waals surface area contributed by atoms with Crippen LogP contribution < -0.4 is 11.1 Å². The van der Waals surface area contributed by atoms with E-state index in [1.807, 2.05) is 24.3 Å². The second-order valence-electron chi connectivity index (χ2n) is 3.43. The largest absolute Gasteiger partial charge is 0.366 e. The molecule has 2 rings (SSSR count). The van der Waals surface area contributed by atoms with Gasteiger partial charge >= 0.3 is 0 Å². The van der Waals surface area contributed by atoms with Gasteiger partial charge in [0.15, 0.2) is 0 Å². The molecule has 0 bridgehead atoms. The van der Waals surface area contributed by atoms with Gasteiger partial charge in [0.1, 0.15) is 0 Å². The van der Waals surface area contributed by atoms with Gasteiger partial charge in [-0.2, -0.15) is 4.98 Å². The summed E-state index contributed by atoms with van der Waals surface area (Å²) in [6.45, 7) is 2.06. The van der Waals surface area contributed by atoms with E-state index < -0.39 is 0 Å². The number of amides is 1. The Morgan fingerprint density at radius 2 is 2.28 bits per heavy atom. The van der Waals surface area contributed by atoms with E-state index in [0.717, 1.165) is 16.3 Å². The Hall–Kier alpha value is -2.02. The molecule has 1 heterocycles. The number of carbonyl (C=O) groups excluding carboxylic acids is 1. The van der Waals surface area contributed by atoms with Crippen molar-refractivity contribution in [2.75, 3.05) is 16.8 Å². The number of H-pyrrole nitrogens is 1. The zero-order valence-corrected chi connectivity index (χ0v) is 10.6. The number of aromatic amines is 1. The van der Waals surface area contributed by atoms with Crippen LogP contribution in [0.15, 0.2) is 29.2 Å². The highest BCUT2D eigenvalue weighted by atomic mass is 32.2. The molecule has 0 radical (unpaired) electrons. The van der Waals surface area contributed by atoms with Gasteiger partial charge < -0.3 is 11.1 Å². The lowest BCUT2D eigenvalue weighted by molar-refractivity contribution is 0.101. The van der Waals surface area contributed by atoms with Crippen LogP contribution in [-0.4, -0.2) is 26.8 Å². The van der Waals surface area contributed by atoms with Gasteiger partial charge in [0, 0.05) is 4.90 Å². The Morgan fingerprint density at radius 3 is 2.94 bits per heavy atom. The molecule has 2 aromatic rings. The SMILES string of the molecule is CCSc1ccccc1NC(=O)c1nc(N)n[nH]1. The summed E-state index contributed by atoms with van der Waals surface area (Å²) in [6.07, 6.45) is 0. The van der Waals surface area contributed by atoms with Crippen LogP contribution in [0.3, 0.4) is 0 Å². The number of hydrogen-bond acceptors (Lipinski definition) is 5. The van der Waals surface area contributed by atoms with Gasteiger partial charge in [-0.05, 0) is 17.9 Å². The van der Waals surface area contributed by atoms with E-state index in [4.69, 9.17) is 5.73 Å². The van der Waals surface area contributed by atoms with Crippen molar-refractivity contribution in [2.24, 2.45) is 0 Å². The molecule has 18 heavy (non-hydrogen) atoms. The van der Waals surface area contributed by atoms with Gasteiger partial charge in [-0.15, -0.1) is 16.9 Å². The fourth-order valence-corrected chi connectivity index (χ4v) is 2.17. The molecule has 1 amide bonds. The van der Waals surface area contributed by atoms with Crippen molar-refractivity contribution in [3.8, 4) is 0 Å². The van der Waals surface area contributed by atoms with Crippen molar-refractivity contribution in [2.45, 2.75) is 11.8 Å². The first-order chi connectivity index (χ1) is 8.70. The molecular formula is C11H13N5OS. The molecule has 0 aliphatic heterocycles. The van der Waals surface area contributed by atoms with Crippen LogP contribution in [0, 0.1) is 0 Å². The molecule has 0 aliphatic rings. The van der Waals surface area contributed by atoms with Crippen LogP contribution in [0.25, 0.3) is 0 Å². The molecule has 0 saturated carbocycles. The molecule has 0 spiro atoms. The zero-order chi connectivity index (χ0) is 13.0. The molecule has 94 valence electrons. The average molecular weight is 263 g/mol. The lowest BCUT2D eigenvalue weighted by Crippen LogP contribution is -2.14. The van der Waals surface area contributed by atoms with Gasteiger partial charge in [-0.25, -0.2) is 0 Å². The van der Waals surface area contributed by atoms with Crippen LogP contribution >= 0.6 is 11.8 Å². The van der Waals surface area contributed by atoms with Crippen molar-refractivity contribution in [3.05, 3.63) is 30.1 Å². The van der Waals surface area contributed by atoms with E-state index in [1.165, 1.54) is 0 Å². The first kappa shape index (κ1) is 12.4. The molecule has 6 nitrogen and oxygen atoms in total. The number of carbonyl (C=O) groups is 1. The Kier molecular flexibility index (Phi) is 3.83. The van der Waals surface area contributed by atoms with Crippen molar-refractivity contribution in [1.29, 1.82) is 0 Å². The maximum atomic E-state index is 11.9. The van der Waals surface area contributed by atoms with Gasteiger partial charge in [0.05, 0.1) is 5.69 Å². The smallest absolute Gasteiger partial charge is 0.293 e. The first-order valence-corrected chi connectivity index (χ1v) is 6.40. The third-order valence-corrected chi connectivity index (χ3v) is 3.11. The molecule has 4 N–H and O–H groups in total. The van der Waals surface area contributed by atoms with E-state index >= 15 is 0 Å². The fraction of sp³-hybridized carbons (Fsp3) is 0.182. The maximum absolute atomic E-state index is 11.9. The highest BCUT2D eigenvalue weighted by molar-refractivity contribution is 7.99. The zero-order valence-electron chi connectivity index (χ0n) is 9.80. The third-order valence-electron chi connectivity index (χ3n) is 2.15. The summed E-state index contributed by atoms with van der Waals surface area (Å²) >= 11 is 1.66. The molecule has 7 heteroatoms. The van der Waals surface area contributed by atoms with Crippen molar-refractivity contribution in [1.82, 2.24) is 15.2 Å². The summed E-state index contributed by atoms with van der Waals surface area (Å²) in [6, 6.07) is 7.60. The molecule has 0 atom stereocenters. The third kappa shape index (κ3) is 2.80. The van der Waals surface area contributed by atoms with Gasteiger partial charge in [-0.3, -0.25) is 9.89 Å². The molecule has 0 saturated heterocycles. The summed E-state index contributed by atoms with van der Waals surface area (Å²) in [7, 11) is 0.